The van der Waals surface area contributed by atoms with Crippen LogP contribution in [0.15, 0.2) is 49.2 Å². The molecule has 0 spiro atoms. The second-order valence-electron chi connectivity index (χ2n) is 10.1. The van der Waals surface area contributed by atoms with Gasteiger partial charge in [0.25, 0.3) is 0 Å². The molecule has 12 nitrogen and oxygen atoms in total. The first kappa shape index (κ1) is 28.3. The van der Waals surface area contributed by atoms with Crippen molar-refractivity contribution in [3.8, 4) is 5.75 Å². The highest BCUT2D eigenvalue weighted by atomic mass is 32.1. The smallest absolute Gasteiger partial charge is 0.332 e. The van der Waals surface area contributed by atoms with Crippen LogP contribution in [0.2, 0.25) is 0 Å². The Labute approximate surface area is 242 Å². The van der Waals surface area contributed by atoms with Crippen LogP contribution in [0.5, 0.6) is 5.75 Å². The van der Waals surface area contributed by atoms with Gasteiger partial charge >= 0.3 is 6.03 Å². The molecule has 0 aliphatic carbocycles. The number of hydrazine groups is 1. The number of amides is 4. The zero-order valence-corrected chi connectivity index (χ0v) is 23.7. The molecule has 2 saturated heterocycles. The Balaban J connectivity index is 1.49. The minimum Gasteiger partial charge on any atom is -0.506 e. The maximum atomic E-state index is 14.0. The van der Waals surface area contributed by atoms with E-state index in [-0.39, 0.29) is 56.2 Å². The first-order valence-electron chi connectivity index (χ1n) is 13.6. The fraction of sp³-hybridized carbons (Fsp3) is 0.393. The van der Waals surface area contributed by atoms with Crippen molar-refractivity contribution in [1.82, 2.24) is 35.1 Å². The van der Waals surface area contributed by atoms with Gasteiger partial charge in [-0.1, -0.05) is 42.9 Å². The second-order valence-corrected chi connectivity index (χ2v) is 11.2. The largest absolute Gasteiger partial charge is 0.506 e. The minimum absolute atomic E-state index is 0.0106. The number of hydrogen-bond donors (Lipinski definition) is 3. The molecule has 2 atom stereocenters. The Bertz CT molecular complexity index is 1440. The summed E-state index contributed by atoms with van der Waals surface area (Å²) in [6.07, 6.45) is 4.27. The molecule has 4 N–H and O–H groups in total. The molecule has 4 heterocycles. The van der Waals surface area contributed by atoms with Crippen LogP contribution >= 0.6 is 11.3 Å². The minimum atomic E-state index is -0.850. The van der Waals surface area contributed by atoms with Gasteiger partial charge < -0.3 is 26.0 Å². The van der Waals surface area contributed by atoms with Crippen LogP contribution < -0.4 is 11.1 Å². The van der Waals surface area contributed by atoms with Gasteiger partial charge in [-0.05, 0) is 30.2 Å². The number of rotatable bonds is 10. The Morgan fingerprint density at radius 1 is 1.32 bits per heavy atom. The molecule has 41 heavy (non-hydrogen) atoms. The lowest BCUT2D eigenvalue weighted by Crippen LogP contribution is -2.66. The number of nitrogen functional groups attached to an aromatic ring is 1. The van der Waals surface area contributed by atoms with Crippen molar-refractivity contribution in [1.29, 1.82) is 0 Å². The van der Waals surface area contributed by atoms with E-state index in [1.165, 1.54) is 28.6 Å². The summed E-state index contributed by atoms with van der Waals surface area (Å²) in [6, 6.07) is 7.73. The third-order valence-corrected chi connectivity index (χ3v) is 8.16. The molecule has 2 aliphatic rings. The number of fused-ring (bicyclic) bond motifs is 2. The van der Waals surface area contributed by atoms with Crippen LogP contribution in [0.25, 0.3) is 10.2 Å². The molecule has 216 valence electrons. The van der Waals surface area contributed by atoms with Crippen LogP contribution in [-0.2, 0) is 22.6 Å². The van der Waals surface area contributed by atoms with Crippen molar-refractivity contribution in [3.63, 3.8) is 0 Å². The topological polar surface area (TPSA) is 148 Å². The fourth-order valence-corrected chi connectivity index (χ4v) is 6.15. The molecule has 5 rings (SSSR count). The number of carbonyl (C=O) groups excluding carboxylic acids is 3. The van der Waals surface area contributed by atoms with Crippen molar-refractivity contribution in [2.24, 2.45) is 0 Å². The number of thiazole rings is 1. The monoisotopic (exact) mass is 578 g/mol. The standard InChI is InChI=1S/C28H34N8O4S/c1-3-5-11-30-28(40)34(12-4-2)35-17-24(38)36-21(13-19-9-10-20(37)14-31-19)26(39)33(16-23(35)36)15-18-7-6-8-22-25(18)32-27(29)41-22/h4,6-10,14,21,23,37H,2-3,5,11-13,15-17H2,1H3,(H2,29,32)(H,30,40)/t21-,23?/m0/s1. The number of aromatic hydroxyl groups is 1. The van der Waals surface area contributed by atoms with Crippen LogP contribution in [0.3, 0.4) is 0 Å². The molecular weight excluding hydrogens is 544 g/mol. The number of nitrogens with zero attached hydrogens (tertiary/aromatic N) is 6. The number of aromatic nitrogens is 2. The van der Waals surface area contributed by atoms with E-state index in [9.17, 15) is 19.5 Å². The van der Waals surface area contributed by atoms with E-state index in [2.05, 4.69) is 21.9 Å². The first-order valence-corrected chi connectivity index (χ1v) is 14.4. The lowest BCUT2D eigenvalue weighted by atomic mass is 10.0. The average Bonchev–Trinajstić information content (AvgIpc) is 3.49. The van der Waals surface area contributed by atoms with Gasteiger partial charge in [0.1, 0.15) is 18.0 Å². The molecule has 1 aromatic carbocycles. The molecule has 2 aromatic heterocycles. The summed E-state index contributed by atoms with van der Waals surface area (Å²) in [5.41, 5.74) is 8.12. The highest BCUT2D eigenvalue weighted by Gasteiger charge is 2.52. The highest BCUT2D eigenvalue weighted by Crippen LogP contribution is 2.32. The number of nitrogens with two attached hydrogens (primary N) is 1. The lowest BCUT2D eigenvalue weighted by molar-refractivity contribution is -0.157. The first-order chi connectivity index (χ1) is 19.8. The maximum absolute atomic E-state index is 14.0. The van der Waals surface area contributed by atoms with E-state index in [1.54, 1.807) is 27.0 Å². The van der Waals surface area contributed by atoms with E-state index in [0.717, 1.165) is 28.6 Å². The number of hydrogen-bond acceptors (Lipinski definition) is 9. The van der Waals surface area contributed by atoms with Gasteiger partial charge in [0.2, 0.25) is 11.8 Å². The average molecular weight is 579 g/mol. The van der Waals surface area contributed by atoms with Crippen molar-refractivity contribution < 1.29 is 19.5 Å². The van der Waals surface area contributed by atoms with Gasteiger partial charge in [-0.2, -0.15) is 5.01 Å². The number of nitrogens with one attached hydrogen (secondary N) is 1. The van der Waals surface area contributed by atoms with Crippen molar-refractivity contribution >= 4 is 44.5 Å². The van der Waals surface area contributed by atoms with Gasteiger partial charge in [0.15, 0.2) is 5.13 Å². The highest BCUT2D eigenvalue weighted by molar-refractivity contribution is 7.22. The summed E-state index contributed by atoms with van der Waals surface area (Å²) in [5, 5.41) is 16.3. The quantitative estimate of drug-likeness (QED) is 0.245. The molecule has 0 radical (unpaired) electrons. The molecule has 4 amide bonds. The fourth-order valence-electron chi connectivity index (χ4n) is 5.37. The number of piperazine rings is 1. The zero-order chi connectivity index (χ0) is 29.1. The lowest BCUT2D eigenvalue weighted by Gasteiger charge is -2.46. The molecule has 2 aliphatic heterocycles. The number of pyridine rings is 1. The summed E-state index contributed by atoms with van der Waals surface area (Å²) < 4.78 is 0.925. The Hall–Kier alpha value is -4.23. The molecule has 1 unspecified atom stereocenters. The molecule has 0 bridgehead atoms. The van der Waals surface area contributed by atoms with Crippen molar-refractivity contribution in [3.05, 3.63) is 60.4 Å². The number of urea groups is 1. The molecule has 3 aromatic rings. The predicted octanol–water partition coefficient (Wildman–Crippen LogP) is 2.32. The van der Waals surface area contributed by atoms with Crippen molar-refractivity contribution in [2.75, 3.05) is 31.9 Å². The van der Waals surface area contributed by atoms with Crippen molar-refractivity contribution in [2.45, 2.75) is 44.9 Å². The van der Waals surface area contributed by atoms with Gasteiger partial charge in [0, 0.05) is 25.2 Å². The number of carbonyl (C=O) groups is 3. The second kappa shape index (κ2) is 12.1. The van der Waals surface area contributed by atoms with E-state index in [4.69, 9.17) is 5.73 Å². The van der Waals surface area contributed by atoms with Crippen LogP contribution in [0.4, 0.5) is 9.93 Å². The summed E-state index contributed by atoms with van der Waals surface area (Å²) >= 11 is 1.38. The molecule has 0 saturated carbocycles. The Morgan fingerprint density at radius 2 is 2.15 bits per heavy atom. The summed E-state index contributed by atoms with van der Waals surface area (Å²) in [4.78, 5) is 52.8. The summed E-state index contributed by atoms with van der Waals surface area (Å²) in [7, 11) is 0. The van der Waals surface area contributed by atoms with E-state index in [1.807, 2.05) is 25.1 Å². The van der Waals surface area contributed by atoms with E-state index in [0.29, 0.717) is 17.4 Å². The number of unbranched alkanes of at least 4 members (excludes halogenated alkanes) is 1. The van der Waals surface area contributed by atoms with Gasteiger partial charge in [0.05, 0.1) is 36.0 Å². The maximum Gasteiger partial charge on any atom is 0.332 e. The Kier molecular flexibility index (Phi) is 8.36. The molecule has 2 fully saturated rings. The van der Waals surface area contributed by atoms with Gasteiger partial charge in [-0.25, -0.2) is 9.78 Å². The predicted molar refractivity (Wildman–Crippen MR) is 155 cm³/mol. The number of benzene rings is 1. The van der Waals surface area contributed by atoms with Crippen LogP contribution in [0, 0.1) is 0 Å². The third kappa shape index (κ3) is 5.81. The van der Waals surface area contributed by atoms with E-state index >= 15 is 0 Å². The number of anilines is 1. The van der Waals surface area contributed by atoms with Crippen LogP contribution in [0.1, 0.15) is 31.0 Å². The third-order valence-electron chi connectivity index (χ3n) is 7.31. The SMILES string of the molecule is C=CCN(C(=O)NCCCC)N1CC(=O)N2C1CN(Cc1cccc3sc(N)nc13)C(=O)[C@@H]2Cc1ccc(O)cn1. The number of para-hydroxylation sites is 1. The van der Waals surface area contributed by atoms with Gasteiger partial charge in [-0.15, -0.1) is 6.58 Å². The van der Waals surface area contributed by atoms with Crippen LogP contribution in [-0.4, -0.2) is 91.1 Å². The zero-order valence-electron chi connectivity index (χ0n) is 22.9. The molecule has 13 heteroatoms. The van der Waals surface area contributed by atoms with Gasteiger partial charge in [-0.3, -0.25) is 19.6 Å². The van der Waals surface area contributed by atoms with E-state index < -0.39 is 12.2 Å². The Morgan fingerprint density at radius 3 is 2.88 bits per heavy atom. The summed E-state index contributed by atoms with van der Waals surface area (Å²) in [6.45, 7) is 6.96. The summed E-state index contributed by atoms with van der Waals surface area (Å²) in [5.74, 6) is -0.470. The normalized spacial score (nSPS) is 19.0. The molecular formula is C28H34N8O4S.